The monoisotopic (exact) mass is 357 g/mol. The summed E-state index contributed by atoms with van der Waals surface area (Å²) in [5.74, 6) is -1.76. The molecular formula is C16H14F3NO3S. The molecule has 0 atom stereocenters. The van der Waals surface area contributed by atoms with Crippen molar-refractivity contribution < 1.29 is 26.4 Å². The van der Waals surface area contributed by atoms with E-state index < -0.39 is 33.2 Å². The molecule has 2 aromatic rings. The summed E-state index contributed by atoms with van der Waals surface area (Å²) in [4.78, 5) is 11.8. The molecule has 0 heterocycles. The van der Waals surface area contributed by atoms with Crippen LogP contribution in [0.4, 0.5) is 18.9 Å². The number of aryl methyl sites for hydroxylation is 1. The lowest BCUT2D eigenvalue weighted by Gasteiger charge is -2.10. The molecule has 0 radical (unpaired) electrons. The van der Waals surface area contributed by atoms with Gasteiger partial charge in [0.25, 0.3) is 0 Å². The Balaban J connectivity index is 2.12. The van der Waals surface area contributed by atoms with Crippen molar-refractivity contribution in [3.05, 3.63) is 59.7 Å². The molecule has 0 unspecified atom stereocenters. The van der Waals surface area contributed by atoms with E-state index in [0.29, 0.717) is 0 Å². The second kappa shape index (κ2) is 6.64. The Kier molecular flexibility index (Phi) is 4.98. The van der Waals surface area contributed by atoms with Gasteiger partial charge in [-0.05, 0) is 37.3 Å². The highest BCUT2D eigenvalue weighted by Crippen LogP contribution is 2.30. The summed E-state index contributed by atoms with van der Waals surface area (Å²) in [6, 6.07) is 9.94. The fourth-order valence-electron chi connectivity index (χ4n) is 1.97. The van der Waals surface area contributed by atoms with Crippen molar-refractivity contribution in [1.82, 2.24) is 0 Å². The molecule has 128 valence electrons. The van der Waals surface area contributed by atoms with Crippen molar-refractivity contribution in [3.8, 4) is 0 Å². The van der Waals surface area contributed by atoms with Crippen molar-refractivity contribution in [2.24, 2.45) is 0 Å². The quantitative estimate of drug-likeness (QED) is 0.912. The van der Waals surface area contributed by atoms with Crippen LogP contribution in [0.3, 0.4) is 0 Å². The number of nitrogens with one attached hydrogen (secondary N) is 1. The van der Waals surface area contributed by atoms with Crippen LogP contribution < -0.4 is 5.32 Å². The fourth-order valence-corrected chi connectivity index (χ4v) is 3.11. The SMILES string of the molecule is Cc1ccc(S(=O)(=O)CC(=O)Nc2cccc(C(F)(F)F)c2)cc1. The third-order valence-electron chi connectivity index (χ3n) is 3.17. The molecule has 1 amide bonds. The number of anilines is 1. The van der Waals surface area contributed by atoms with E-state index in [4.69, 9.17) is 0 Å². The fraction of sp³-hybridized carbons (Fsp3) is 0.188. The predicted molar refractivity (Wildman–Crippen MR) is 83.3 cm³/mol. The maximum Gasteiger partial charge on any atom is 0.416 e. The van der Waals surface area contributed by atoms with Crippen LogP contribution in [0.2, 0.25) is 0 Å². The van der Waals surface area contributed by atoms with Gasteiger partial charge in [-0.3, -0.25) is 4.79 Å². The number of carbonyl (C=O) groups is 1. The Morgan fingerprint density at radius 1 is 1.08 bits per heavy atom. The molecule has 0 fully saturated rings. The average Bonchev–Trinajstić information content (AvgIpc) is 2.46. The van der Waals surface area contributed by atoms with Gasteiger partial charge in [0.15, 0.2) is 9.84 Å². The van der Waals surface area contributed by atoms with Gasteiger partial charge in [0.1, 0.15) is 5.75 Å². The lowest BCUT2D eigenvalue weighted by molar-refractivity contribution is -0.137. The Bertz CT molecular complexity index is 844. The molecule has 0 saturated heterocycles. The van der Waals surface area contributed by atoms with E-state index in [-0.39, 0.29) is 10.6 Å². The zero-order chi connectivity index (χ0) is 18.0. The Morgan fingerprint density at radius 2 is 1.71 bits per heavy atom. The highest BCUT2D eigenvalue weighted by atomic mass is 32.2. The molecule has 1 N–H and O–H groups in total. The molecule has 24 heavy (non-hydrogen) atoms. The van der Waals surface area contributed by atoms with Crippen LogP contribution in [0.1, 0.15) is 11.1 Å². The van der Waals surface area contributed by atoms with Gasteiger partial charge >= 0.3 is 6.18 Å². The number of hydrogen-bond acceptors (Lipinski definition) is 3. The van der Waals surface area contributed by atoms with Crippen LogP contribution in [0.25, 0.3) is 0 Å². The van der Waals surface area contributed by atoms with Crippen molar-refractivity contribution >= 4 is 21.4 Å². The number of halogens is 3. The van der Waals surface area contributed by atoms with Crippen molar-refractivity contribution in [2.45, 2.75) is 18.0 Å². The minimum Gasteiger partial charge on any atom is -0.325 e. The van der Waals surface area contributed by atoms with E-state index >= 15 is 0 Å². The first-order valence-corrected chi connectivity index (χ1v) is 8.50. The number of sulfone groups is 1. The van der Waals surface area contributed by atoms with E-state index in [1.165, 1.54) is 18.2 Å². The number of hydrogen-bond donors (Lipinski definition) is 1. The largest absolute Gasteiger partial charge is 0.416 e. The van der Waals surface area contributed by atoms with Crippen LogP contribution in [0, 0.1) is 6.92 Å². The van der Waals surface area contributed by atoms with Gasteiger partial charge in [0, 0.05) is 5.69 Å². The Morgan fingerprint density at radius 3 is 2.29 bits per heavy atom. The van der Waals surface area contributed by atoms with Crippen LogP contribution in [0.15, 0.2) is 53.4 Å². The van der Waals surface area contributed by atoms with E-state index in [2.05, 4.69) is 5.32 Å². The summed E-state index contributed by atoms with van der Waals surface area (Å²) in [5.41, 5.74) is -0.182. The summed E-state index contributed by atoms with van der Waals surface area (Å²) >= 11 is 0. The van der Waals surface area contributed by atoms with Crippen LogP contribution in [-0.2, 0) is 20.8 Å². The number of alkyl halides is 3. The predicted octanol–water partition coefficient (Wildman–Crippen LogP) is 3.43. The molecule has 0 aliphatic rings. The minimum absolute atomic E-state index is 0.0210. The molecule has 2 rings (SSSR count). The lowest BCUT2D eigenvalue weighted by Crippen LogP contribution is -2.23. The molecule has 2 aromatic carbocycles. The second-order valence-corrected chi connectivity index (χ2v) is 7.19. The molecule has 8 heteroatoms. The smallest absolute Gasteiger partial charge is 0.325 e. The van der Waals surface area contributed by atoms with E-state index in [1.807, 2.05) is 0 Å². The number of benzene rings is 2. The zero-order valence-corrected chi connectivity index (χ0v) is 13.4. The summed E-state index contributed by atoms with van der Waals surface area (Å²) < 4.78 is 62.1. The number of rotatable bonds is 4. The molecule has 0 spiro atoms. The Labute approximate surface area is 137 Å². The molecule has 0 aliphatic carbocycles. The maximum atomic E-state index is 12.6. The van der Waals surface area contributed by atoms with E-state index in [1.54, 1.807) is 19.1 Å². The minimum atomic E-state index is -4.55. The molecule has 0 bridgehead atoms. The number of carbonyl (C=O) groups excluding carboxylic acids is 1. The van der Waals surface area contributed by atoms with Crippen molar-refractivity contribution in [2.75, 3.05) is 11.1 Å². The standard InChI is InChI=1S/C16H14F3NO3S/c1-11-5-7-14(8-6-11)24(22,23)10-15(21)20-13-4-2-3-12(9-13)16(17,18)19/h2-9H,10H2,1H3,(H,20,21). The zero-order valence-electron chi connectivity index (χ0n) is 12.6. The van der Waals surface area contributed by atoms with E-state index in [9.17, 15) is 26.4 Å². The first-order valence-electron chi connectivity index (χ1n) is 6.84. The van der Waals surface area contributed by atoms with Crippen molar-refractivity contribution in [1.29, 1.82) is 0 Å². The van der Waals surface area contributed by atoms with E-state index in [0.717, 1.165) is 23.8 Å². The third-order valence-corrected chi connectivity index (χ3v) is 4.81. The van der Waals surface area contributed by atoms with Gasteiger partial charge in [-0.2, -0.15) is 13.2 Å². The maximum absolute atomic E-state index is 12.6. The van der Waals surface area contributed by atoms with Crippen molar-refractivity contribution in [3.63, 3.8) is 0 Å². The highest BCUT2D eigenvalue weighted by molar-refractivity contribution is 7.92. The second-order valence-electron chi connectivity index (χ2n) is 5.20. The molecule has 0 aliphatic heterocycles. The molecular weight excluding hydrogens is 343 g/mol. The number of amides is 1. The topological polar surface area (TPSA) is 63.2 Å². The molecule has 4 nitrogen and oxygen atoms in total. The van der Waals surface area contributed by atoms with Gasteiger partial charge in [0.2, 0.25) is 5.91 Å². The normalized spacial score (nSPS) is 12.0. The summed E-state index contributed by atoms with van der Waals surface area (Å²) in [6.07, 6.45) is -4.55. The molecule has 0 aromatic heterocycles. The van der Waals surface area contributed by atoms with Gasteiger partial charge in [-0.25, -0.2) is 8.42 Å². The third kappa shape index (κ3) is 4.58. The van der Waals surface area contributed by atoms with Gasteiger partial charge in [0.05, 0.1) is 10.5 Å². The first kappa shape index (κ1) is 18.0. The van der Waals surface area contributed by atoms with Crippen LogP contribution in [-0.4, -0.2) is 20.1 Å². The lowest BCUT2D eigenvalue weighted by atomic mass is 10.2. The highest BCUT2D eigenvalue weighted by Gasteiger charge is 2.30. The van der Waals surface area contributed by atoms with Gasteiger partial charge in [-0.15, -0.1) is 0 Å². The first-order chi connectivity index (χ1) is 11.1. The average molecular weight is 357 g/mol. The summed E-state index contributed by atoms with van der Waals surface area (Å²) in [7, 11) is -3.87. The van der Waals surface area contributed by atoms with Crippen LogP contribution in [0.5, 0.6) is 0 Å². The molecule has 0 saturated carbocycles. The Hall–Kier alpha value is -2.35. The summed E-state index contributed by atoms with van der Waals surface area (Å²) in [5, 5.41) is 2.17. The summed E-state index contributed by atoms with van der Waals surface area (Å²) in [6.45, 7) is 1.79. The van der Waals surface area contributed by atoms with Gasteiger partial charge in [-0.1, -0.05) is 23.8 Å². The van der Waals surface area contributed by atoms with Crippen LogP contribution >= 0.6 is 0 Å². The van der Waals surface area contributed by atoms with Gasteiger partial charge < -0.3 is 5.32 Å².